The van der Waals surface area contributed by atoms with Gasteiger partial charge in [0.05, 0.1) is 5.69 Å². The van der Waals surface area contributed by atoms with Gasteiger partial charge in [-0.2, -0.15) is 0 Å². The van der Waals surface area contributed by atoms with Crippen LogP contribution < -0.4 is 10.2 Å². The van der Waals surface area contributed by atoms with Gasteiger partial charge in [0.2, 0.25) is 0 Å². The highest BCUT2D eigenvalue weighted by atomic mass is 79.9. The van der Waals surface area contributed by atoms with Crippen LogP contribution in [0.25, 0.3) is 0 Å². The van der Waals surface area contributed by atoms with Gasteiger partial charge in [0, 0.05) is 36.2 Å². The molecule has 1 aliphatic heterocycles. The van der Waals surface area contributed by atoms with Crippen LogP contribution in [0.5, 0.6) is 0 Å². The van der Waals surface area contributed by atoms with Gasteiger partial charge in [0.15, 0.2) is 0 Å². The fraction of sp³-hybridized carbons (Fsp3) is 0.647. The molecule has 21 heavy (non-hydrogen) atoms. The van der Waals surface area contributed by atoms with Crippen molar-refractivity contribution in [2.45, 2.75) is 39.8 Å². The Morgan fingerprint density at radius 2 is 2.10 bits per heavy atom. The third-order valence-corrected chi connectivity index (χ3v) is 5.13. The molecule has 0 saturated carbocycles. The van der Waals surface area contributed by atoms with Crippen molar-refractivity contribution in [3.63, 3.8) is 0 Å². The Kier molecular flexibility index (Phi) is 6.08. The lowest BCUT2D eigenvalue weighted by molar-refractivity contribution is 0.199. The van der Waals surface area contributed by atoms with Crippen molar-refractivity contribution in [2.75, 3.05) is 37.6 Å². The van der Waals surface area contributed by atoms with Crippen LogP contribution in [-0.4, -0.2) is 43.7 Å². The standard InChI is InChI=1S/C17H28BrN3/c1-5-19-14(4)15-7-8-17(16(18)11-15)21-10-9-20(6-2)13(3)12-21/h7-8,11,13-14,19H,5-6,9-10,12H2,1-4H3. The average molecular weight is 354 g/mol. The summed E-state index contributed by atoms with van der Waals surface area (Å²) < 4.78 is 1.21. The van der Waals surface area contributed by atoms with Crippen molar-refractivity contribution < 1.29 is 0 Å². The van der Waals surface area contributed by atoms with Crippen molar-refractivity contribution in [2.24, 2.45) is 0 Å². The van der Waals surface area contributed by atoms with Gasteiger partial charge >= 0.3 is 0 Å². The molecule has 0 aromatic heterocycles. The van der Waals surface area contributed by atoms with E-state index >= 15 is 0 Å². The van der Waals surface area contributed by atoms with E-state index in [4.69, 9.17) is 0 Å². The van der Waals surface area contributed by atoms with Crippen LogP contribution in [0.1, 0.15) is 39.3 Å². The first-order valence-electron chi connectivity index (χ1n) is 8.08. The maximum atomic E-state index is 3.77. The highest BCUT2D eigenvalue weighted by molar-refractivity contribution is 9.10. The predicted molar refractivity (Wildman–Crippen MR) is 95.2 cm³/mol. The monoisotopic (exact) mass is 353 g/mol. The minimum Gasteiger partial charge on any atom is -0.368 e. The Hall–Kier alpha value is -0.580. The third-order valence-electron chi connectivity index (χ3n) is 4.49. The number of anilines is 1. The molecular formula is C17H28BrN3. The number of nitrogens with zero attached hydrogens (tertiary/aromatic N) is 2. The minimum absolute atomic E-state index is 0.399. The molecule has 0 spiro atoms. The SMILES string of the molecule is CCNC(C)c1ccc(N2CCN(CC)C(C)C2)c(Br)c1. The van der Waals surface area contributed by atoms with Crippen LogP contribution in [0.3, 0.4) is 0 Å². The number of piperazine rings is 1. The van der Waals surface area contributed by atoms with Gasteiger partial charge < -0.3 is 10.2 Å². The number of hydrogen-bond donors (Lipinski definition) is 1. The van der Waals surface area contributed by atoms with Gasteiger partial charge in [-0.3, -0.25) is 4.90 Å². The highest BCUT2D eigenvalue weighted by Crippen LogP contribution is 2.30. The summed E-state index contributed by atoms with van der Waals surface area (Å²) in [6.07, 6.45) is 0. The molecule has 0 aliphatic carbocycles. The Bertz CT molecular complexity index is 463. The number of benzene rings is 1. The molecule has 3 nitrogen and oxygen atoms in total. The lowest BCUT2D eigenvalue weighted by Gasteiger charge is -2.41. The maximum Gasteiger partial charge on any atom is 0.0511 e. The first kappa shape index (κ1) is 16.8. The molecule has 1 aromatic carbocycles. The molecule has 1 aromatic rings. The summed E-state index contributed by atoms with van der Waals surface area (Å²) in [5.74, 6) is 0. The van der Waals surface area contributed by atoms with Crippen molar-refractivity contribution in [3.05, 3.63) is 28.2 Å². The van der Waals surface area contributed by atoms with Crippen molar-refractivity contribution >= 4 is 21.6 Å². The maximum absolute atomic E-state index is 3.77. The number of hydrogen-bond acceptors (Lipinski definition) is 3. The number of halogens is 1. The smallest absolute Gasteiger partial charge is 0.0511 e. The fourth-order valence-electron chi connectivity index (χ4n) is 3.16. The lowest BCUT2D eigenvalue weighted by atomic mass is 10.1. The summed E-state index contributed by atoms with van der Waals surface area (Å²) in [5.41, 5.74) is 2.66. The molecule has 4 heteroatoms. The topological polar surface area (TPSA) is 18.5 Å². The molecule has 2 atom stereocenters. The van der Waals surface area contributed by atoms with Gasteiger partial charge in [0.25, 0.3) is 0 Å². The van der Waals surface area contributed by atoms with Crippen molar-refractivity contribution in [1.82, 2.24) is 10.2 Å². The van der Waals surface area contributed by atoms with Gasteiger partial charge in [-0.15, -0.1) is 0 Å². The van der Waals surface area contributed by atoms with Crippen LogP contribution in [0, 0.1) is 0 Å². The van der Waals surface area contributed by atoms with E-state index in [0.29, 0.717) is 12.1 Å². The summed E-state index contributed by atoms with van der Waals surface area (Å²) in [6.45, 7) is 14.4. The van der Waals surface area contributed by atoms with Gasteiger partial charge in [-0.05, 0) is 60.6 Å². The lowest BCUT2D eigenvalue weighted by Crippen LogP contribution is -2.51. The Labute approximate surface area is 137 Å². The fourth-order valence-corrected chi connectivity index (χ4v) is 3.80. The second-order valence-electron chi connectivity index (χ2n) is 5.91. The van der Waals surface area contributed by atoms with E-state index in [1.807, 2.05) is 0 Å². The van der Waals surface area contributed by atoms with E-state index in [0.717, 1.165) is 32.7 Å². The van der Waals surface area contributed by atoms with Crippen LogP contribution in [0.2, 0.25) is 0 Å². The van der Waals surface area contributed by atoms with Gasteiger partial charge in [-0.25, -0.2) is 0 Å². The minimum atomic E-state index is 0.399. The van der Waals surface area contributed by atoms with E-state index in [1.165, 1.54) is 15.7 Å². The van der Waals surface area contributed by atoms with Crippen LogP contribution in [-0.2, 0) is 0 Å². The van der Waals surface area contributed by atoms with E-state index in [-0.39, 0.29) is 0 Å². The predicted octanol–water partition coefficient (Wildman–Crippen LogP) is 3.65. The van der Waals surface area contributed by atoms with Gasteiger partial charge in [0.1, 0.15) is 0 Å². The second-order valence-corrected chi connectivity index (χ2v) is 6.77. The number of rotatable bonds is 5. The molecule has 1 N–H and O–H groups in total. The van der Waals surface area contributed by atoms with Gasteiger partial charge in [-0.1, -0.05) is 19.9 Å². The zero-order valence-corrected chi connectivity index (χ0v) is 15.3. The second kappa shape index (κ2) is 7.61. The molecule has 1 fully saturated rings. The largest absolute Gasteiger partial charge is 0.368 e. The zero-order valence-electron chi connectivity index (χ0n) is 13.7. The Morgan fingerprint density at radius 3 is 2.67 bits per heavy atom. The highest BCUT2D eigenvalue weighted by Gasteiger charge is 2.23. The Balaban J connectivity index is 2.11. The molecule has 0 radical (unpaired) electrons. The zero-order chi connectivity index (χ0) is 15.4. The normalized spacial score (nSPS) is 21.6. The average Bonchev–Trinajstić information content (AvgIpc) is 2.47. The number of nitrogens with one attached hydrogen (secondary N) is 1. The molecule has 1 saturated heterocycles. The van der Waals surface area contributed by atoms with Crippen LogP contribution in [0.15, 0.2) is 22.7 Å². The first-order chi connectivity index (χ1) is 10.1. The summed E-state index contributed by atoms with van der Waals surface area (Å²) in [4.78, 5) is 5.05. The summed E-state index contributed by atoms with van der Waals surface area (Å²) in [6, 6.07) is 7.80. The Morgan fingerprint density at radius 1 is 1.33 bits per heavy atom. The molecule has 0 amide bonds. The summed E-state index contributed by atoms with van der Waals surface area (Å²) in [5, 5.41) is 3.47. The molecule has 118 valence electrons. The molecule has 2 unspecified atom stereocenters. The van der Waals surface area contributed by atoms with Crippen molar-refractivity contribution in [1.29, 1.82) is 0 Å². The molecule has 1 aliphatic rings. The van der Waals surface area contributed by atoms with E-state index in [2.05, 4.69) is 76.9 Å². The van der Waals surface area contributed by atoms with Crippen LogP contribution in [0.4, 0.5) is 5.69 Å². The van der Waals surface area contributed by atoms with Crippen molar-refractivity contribution in [3.8, 4) is 0 Å². The third kappa shape index (κ3) is 3.99. The quantitative estimate of drug-likeness (QED) is 0.871. The molecule has 0 bridgehead atoms. The first-order valence-corrected chi connectivity index (χ1v) is 8.87. The summed E-state index contributed by atoms with van der Waals surface area (Å²) in [7, 11) is 0. The van der Waals surface area contributed by atoms with Crippen LogP contribution >= 0.6 is 15.9 Å². The molecule has 2 rings (SSSR count). The van der Waals surface area contributed by atoms with E-state index < -0.39 is 0 Å². The molecule has 1 heterocycles. The number of likely N-dealkylation sites (N-methyl/N-ethyl adjacent to an activating group) is 1. The molecular weight excluding hydrogens is 326 g/mol. The van der Waals surface area contributed by atoms with E-state index in [9.17, 15) is 0 Å². The summed E-state index contributed by atoms with van der Waals surface area (Å²) >= 11 is 3.77. The van der Waals surface area contributed by atoms with E-state index in [1.54, 1.807) is 0 Å².